The second-order valence-corrected chi connectivity index (χ2v) is 9.04. The van der Waals surface area contributed by atoms with Gasteiger partial charge in [-0.05, 0) is 54.8 Å². The van der Waals surface area contributed by atoms with E-state index in [9.17, 15) is 22.2 Å². The van der Waals surface area contributed by atoms with Crippen molar-refractivity contribution in [3.05, 3.63) is 64.1 Å². The van der Waals surface area contributed by atoms with Gasteiger partial charge in [-0.2, -0.15) is 13.2 Å². The van der Waals surface area contributed by atoms with Crippen LogP contribution in [0.2, 0.25) is 0 Å². The van der Waals surface area contributed by atoms with Crippen LogP contribution in [-0.4, -0.2) is 9.99 Å². The van der Waals surface area contributed by atoms with E-state index in [1.165, 1.54) is 12.1 Å². The molecule has 3 rings (SSSR count). The second-order valence-electron chi connectivity index (χ2n) is 6.33. The summed E-state index contributed by atoms with van der Waals surface area (Å²) in [5.41, 5.74) is 0.0706. The summed E-state index contributed by atoms with van der Waals surface area (Å²) < 4.78 is 51.8. The summed E-state index contributed by atoms with van der Waals surface area (Å²) in [4.78, 5) is 12.1. The Bertz CT molecular complexity index is 819. The predicted molar refractivity (Wildman–Crippen MR) is 97.1 cm³/mol. The van der Waals surface area contributed by atoms with Crippen LogP contribution in [0.25, 0.3) is 0 Å². The summed E-state index contributed by atoms with van der Waals surface area (Å²) in [5.74, 6) is 0.127. The molecule has 1 aliphatic rings. The van der Waals surface area contributed by atoms with Crippen LogP contribution in [0, 0.1) is 0 Å². The van der Waals surface area contributed by atoms with Gasteiger partial charge in [0.25, 0.3) is 0 Å². The maximum Gasteiger partial charge on any atom is 0.416 e. The van der Waals surface area contributed by atoms with Crippen molar-refractivity contribution in [1.29, 1.82) is 0 Å². The van der Waals surface area contributed by atoms with Gasteiger partial charge in [-0.25, -0.2) is 0 Å². The van der Waals surface area contributed by atoms with E-state index >= 15 is 0 Å². The first kappa shape index (κ1) is 19.3. The van der Waals surface area contributed by atoms with Gasteiger partial charge in [0.2, 0.25) is 0 Å². The smallest absolute Gasteiger partial charge is 0.300 e. The molecule has 0 bridgehead atoms. The highest BCUT2D eigenvalue weighted by molar-refractivity contribution is 9.10. The molecule has 0 heterocycles. The lowest BCUT2D eigenvalue weighted by Gasteiger charge is -2.36. The lowest BCUT2D eigenvalue weighted by Crippen LogP contribution is -2.36. The molecule has 2 nitrogen and oxygen atoms in total. The van der Waals surface area contributed by atoms with Gasteiger partial charge < -0.3 is 0 Å². The van der Waals surface area contributed by atoms with Crippen molar-refractivity contribution >= 4 is 32.5 Å². The molecule has 2 aromatic carbocycles. The molecular weight excluding hydrogens is 429 g/mol. The summed E-state index contributed by atoms with van der Waals surface area (Å²) in [6.45, 7) is 0. The average molecular weight is 445 g/mol. The molecule has 1 saturated carbocycles. The van der Waals surface area contributed by atoms with E-state index in [0.29, 0.717) is 30.6 Å². The molecule has 0 amide bonds. The second kappa shape index (κ2) is 7.27. The average Bonchev–Trinajstić information content (AvgIpc) is 2.62. The van der Waals surface area contributed by atoms with Crippen LogP contribution >= 0.6 is 15.9 Å². The summed E-state index contributed by atoms with van der Waals surface area (Å²) in [6, 6.07) is 11.9. The van der Waals surface area contributed by atoms with Crippen LogP contribution in [0.4, 0.5) is 13.2 Å². The minimum Gasteiger partial charge on any atom is -0.300 e. The molecule has 138 valence electrons. The first-order chi connectivity index (χ1) is 12.2. The van der Waals surface area contributed by atoms with Gasteiger partial charge in [0.05, 0.1) is 21.1 Å². The zero-order chi connectivity index (χ0) is 18.9. The topological polar surface area (TPSA) is 34.1 Å². The van der Waals surface area contributed by atoms with Crippen molar-refractivity contribution < 1.29 is 22.2 Å². The highest BCUT2D eigenvalue weighted by Gasteiger charge is 2.42. The Morgan fingerprint density at radius 2 is 1.46 bits per heavy atom. The molecule has 2 aromatic rings. The molecule has 1 unspecified atom stereocenters. The highest BCUT2D eigenvalue weighted by atomic mass is 79.9. The number of Topliss-reactive ketones (excluding diaryl/α,β-unsaturated/α-hetero) is 1. The van der Waals surface area contributed by atoms with Crippen LogP contribution < -0.4 is 0 Å². The third kappa shape index (κ3) is 3.78. The number of carbonyl (C=O) groups is 1. The van der Waals surface area contributed by atoms with Crippen molar-refractivity contribution in [3.63, 3.8) is 0 Å². The number of carbonyl (C=O) groups excluding carboxylic acids is 1. The molecule has 0 radical (unpaired) electrons. The number of alkyl halides is 3. The summed E-state index contributed by atoms with van der Waals surface area (Å²) >= 11 is 3.37. The molecule has 0 N–H and O–H groups in total. The maximum absolute atomic E-state index is 13.4. The number of benzene rings is 2. The maximum atomic E-state index is 13.4. The van der Waals surface area contributed by atoms with Gasteiger partial charge in [0.15, 0.2) is 0 Å². The zero-order valence-electron chi connectivity index (χ0n) is 13.7. The Hall–Kier alpha value is -1.47. The molecular formula is C19H16BrF3O2S. The Balaban J connectivity index is 2.00. The van der Waals surface area contributed by atoms with Gasteiger partial charge in [0.1, 0.15) is 5.78 Å². The van der Waals surface area contributed by atoms with Crippen LogP contribution in [0.15, 0.2) is 57.9 Å². The fraction of sp³-hybridized carbons (Fsp3) is 0.316. The Labute approximate surface area is 160 Å². The highest BCUT2D eigenvalue weighted by Crippen LogP contribution is 2.44. The molecule has 0 spiro atoms. The Morgan fingerprint density at radius 1 is 0.923 bits per heavy atom. The van der Waals surface area contributed by atoms with Gasteiger partial charge >= 0.3 is 6.18 Å². The first-order valence-electron chi connectivity index (χ1n) is 8.09. The number of rotatable bonds is 3. The van der Waals surface area contributed by atoms with Crippen molar-refractivity contribution in [2.45, 2.75) is 41.5 Å². The SMILES string of the molecule is O=C1CCC(c2ccc(Br)cc2)(S(=O)c2ccc(C(F)(F)F)cc2)CC1. The van der Waals surface area contributed by atoms with Crippen LogP contribution in [0.3, 0.4) is 0 Å². The zero-order valence-corrected chi connectivity index (χ0v) is 16.1. The van der Waals surface area contributed by atoms with Crippen LogP contribution in [0.1, 0.15) is 36.8 Å². The van der Waals surface area contributed by atoms with E-state index in [2.05, 4.69) is 15.9 Å². The van der Waals surface area contributed by atoms with Gasteiger partial charge in [0, 0.05) is 22.2 Å². The van der Waals surface area contributed by atoms with Gasteiger partial charge in [-0.3, -0.25) is 9.00 Å². The number of halogens is 4. The predicted octanol–water partition coefficient (Wildman–Crippen LogP) is 5.61. The molecule has 7 heteroatoms. The quantitative estimate of drug-likeness (QED) is 0.615. The molecule has 1 atom stereocenters. The molecule has 0 saturated heterocycles. The van der Waals surface area contributed by atoms with Crippen molar-refractivity contribution in [2.24, 2.45) is 0 Å². The van der Waals surface area contributed by atoms with Gasteiger partial charge in [-0.1, -0.05) is 28.1 Å². The summed E-state index contributed by atoms with van der Waals surface area (Å²) in [5, 5.41) is 0. The minimum absolute atomic E-state index is 0.127. The van der Waals surface area contributed by atoms with E-state index in [1.54, 1.807) is 0 Å². The largest absolute Gasteiger partial charge is 0.416 e. The van der Waals surface area contributed by atoms with E-state index in [4.69, 9.17) is 0 Å². The Morgan fingerprint density at radius 3 is 1.96 bits per heavy atom. The molecule has 1 aliphatic carbocycles. The normalized spacial score (nSPS) is 18.5. The number of hydrogen-bond acceptors (Lipinski definition) is 2. The van der Waals surface area contributed by atoms with E-state index < -0.39 is 27.3 Å². The van der Waals surface area contributed by atoms with Gasteiger partial charge in [-0.15, -0.1) is 0 Å². The fourth-order valence-corrected chi connectivity index (χ4v) is 5.28. The van der Waals surface area contributed by atoms with Crippen LogP contribution in [0.5, 0.6) is 0 Å². The minimum atomic E-state index is -4.43. The van der Waals surface area contributed by atoms with E-state index in [0.717, 1.165) is 22.2 Å². The molecule has 26 heavy (non-hydrogen) atoms. The summed E-state index contributed by atoms with van der Waals surface area (Å²) in [7, 11) is -1.57. The number of hydrogen-bond donors (Lipinski definition) is 0. The third-order valence-corrected chi connectivity index (χ3v) is 7.32. The van der Waals surface area contributed by atoms with E-state index in [-0.39, 0.29) is 5.78 Å². The fourth-order valence-electron chi connectivity index (χ4n) is 3.26. The molecule has 1 fully saturated rings. The lowest BCUT2D eigenvalue weighted by molar-refractivity contribution is -0.137. The van der Waals surface area contributed by atoms with Crippen molar-refractivity contribution in [1.82, 2.24) is 0 Å². The monoisotopic (exact) mass is 444 g/mol. The molecule has 0 aromatic heterocycles. The summed E-state index contributed by atoms with van der Waals surface area (Å²) in [6.07, 6.45) is -2.95. The first-order valence-corrected chi connectivity index (χ1v) is 10.0. The van der Waals surface area contributed by atoms with Crippen LogP contribution in [-0.2, 0) is 26.5 Å². The van der Waals surface area contributed by atoms with Crippen molar-refractivity contribution in [3.8, 4) is 0 Å². The standard InChI is InChI=1S/C19H16BrF3O2S/c20-15-5-1-13(2-6-15)18(11-9-16(24)10-12-18)26(25)17-7-3-14(4-8-17)19(21,22)23/h1-8H,9-12H2. The molecule has 0 aliphatic heterocycles. The third-order valence-electron chi connectivity index (χ3n) is 4.74. The van der Waals surface area contributed by atoms with E-state index in [1.807, 2.05) is 24.3 Å². The Kier molecular flexibility index (Phi) is 5.40. The number of ketones is 1. The van der Waals surface area contributed by atoms with Crippen molar-refractivity contribution in [2.75, 3.05) is 0 Å². The lowest BCUT2D eigenvalue weighted by atomic mass is 9.82.